The minimum Gasteiger partial charge on any atom is -0.474 e. The molecule has 1 fully saturated rings. The van der Waals surface area contributed by atoms with Crippen LogP contribution in [0.2, 0.25) is 0 Å². The van der Waals surface area contributed by atoms with Crippen molar-refractivity contribution in [1.82, 2.24) is 5.32 Å². The SMILES string of the molecule is c1ccc(COC2=NOC3(CCCNC3)C2)cc1. The lowest BCUT2D eigenvalue weighted by Crippen LogP contribution is -2.45. The third-order valence-electron chi connectivity index (χ3n) is 3.50. The quantitative estimate of drug-likeness (QED) is 0.868. The molecule has 1 aromatic rings. The van der Waals surface area contributed by atoms with Crippen LogP contribution in [-0.4, -0.2) is 24.6 Å². The van der Waals surface area contributed by atoms with Gasteiger partial charge in [-0.2, -0.15) is 0 Å². The van der Waals surface area contributed by atoms with Crippen LogP contribution in [0.15, 0.2) is 35.5 Å². The van der Waals surface area contributed by atoms with Crippen LogP contribution in [-0.2, 0) is 16.2 Å². The molecule has 1 spiro atoms. The van der Waals surface area contributed by atoms with Gasteiger partial charge in [0.1, 0.15) is 6.61 Å². The molecule has 2 heterocycles. The standard InChI is InChI=1S/C14H18N2O2/c1-2-5-12(6-3-1)10-17-13-9-14(18-16-13)7-4-8-15-11-14/h1-3,5-6,15H,4,7-11H2. The highest BCUT2D eigenvalue weighted by Crippen LogP contribution is 2.30. The Kier molecular flexibility index (Phi) is 3.19. The Hall–Kier alpha value is -1.55. The van der Waals surface area contributed by atoms with E-state index in [-0.39, 0.29) is 5.60 Å². The van der Waals surface area contributed by atoms with Gasteiger partial charge in [0, 0.05) is 6.54 Å². The number of hydrogen-bond donors (Lipinski definition) is 1. The zero-order valence-electron chi connectivity index (χ0n) is 10.4. The van der Waals surface area contributed by atoms with E-state index >= 15 is 0 Å². The second-order valence-electron chi connectivity index (χ2n) is 4.99. The van der Waals surface area contributed by atoms with Crippen LogP contribution in [0.1, 0.15) is 24.8 Å². The molecule has 4 nitrogen and oxygen atoms in total. The molecular weight excluding hydrogens is 228 g/mol. The average molecular weight is 246 g/mol. The largest absolute Gasteiger partial charge is 0.474 e. The highest BCUT2D eigenvalue weighted by molar-refractivity contribution is 5.78. The fourth-order valence-corrected chi connectivity index (χ4v) is 2.48. The van der Waals surface area contributed by atoms with Crippen LogP contribution < -0.4 is 5.32 Å². The lowest BCUT2D eigenvalue weighted by molar-refractivity contribution is -0.0347. The predicted octanol–water partition coefficient (Wildman–Crippen LogP) is 2.06. The van der Waals surface area contributed by atoms with Crippen molar-refractivity contribution in [3.8, 4) is 0 Å². The molecule has 0 saturated carbocycles. The van der Waals surface area contributed by atoms with E-state index in [0.717, 1.165) is 43.8 Å². The third kappa shape index (κ3) is 2.48. The molecule has 96 valence electrons. The second kappa shape index (κ2) is 4.98. The fourth-order valence-electron chi connectivity index (χ4n) is 2.48. The predicted molar refractivity (Wildman–Crippen MR) is 69.2 cm³/mol. The van der Waals surface area contributed by atoms with Gasteiger partial charge in [0.2, 0.25) is 5.90 Å². The van der Waals surface area contributed by atoms with Gasteiger partial charge in [-0.1, -0.05) is 35.5 Å². The number of nitrogens with one attached hydrogen (secondary N) is 1. The first-order valence-corrected chi connectivity index (χ1v) is 6.49. The Morgan fingerprint density at radius 1 is 1.33 bits per heavy atom. The van der Waals surface area contributed by atoms with E-state index in [4.69, 9.17) is 9.57 Å². The van der Waals surface area contributed by atoms with Crippen LogP contribution in [0.3, 0.4) is 0 Å². The van der Waals surface area contributed by atoms with Crippen molar-refractivity contribution in [2.45, 2.75) is 31.5 Å². The average Bonchev–Trinajstić information content (AvgIpc) is 2.82. The van der Waals surface area contributed by atoms with Crippen molar-refractivity contribution in [1.29, 1.82) is 0 Å². The number of piperidine rings is 1. The Balaban J connectivity index is 1.53. The zero-order valence-corrected chi connectivity index (χ0v) is 10.4. The summed E-state index contributed by atoms with van der Waals surface area (Å²) >= 11 is 0. The van der Waals surface area contributed by atoms with E-state index in [2.05, 4.69) is 10.5 Å². The van der Waals surface area contributed by atoms with Gasteiger partial charge in [-0.05, 0) is 24.9 Å². The topological polar surface area (TPSA) is 42.9 Å². The Bertz CT molecular complexity index is 425. The molecule has 2 aliphatic heterocycles. The first kappa shape index (κ1) is 11.5. The summed E-state index contributed by atoms with van der Waals surface area (Å²) in [6.07, 6.45) is 2.98. The third-order valence-corrected chi connectivity index (χ3v) is 3.50. The normalized spacial score (nSPS) is 26.8. The molecule has 0 radical (unpaired) electrons. The fraction of sp³-hybridized carbons (Fsp3) is 0.500. The molecule has 0 aromatic heterocycles. The van der Waals surface area contributed by atoms with Crippen molar-refractivity contribution in [3.05, 3.63) is 35.9 Å². The van der Waals surface area contributed by atoms with Gasteiger partial charge in [0.25, 0.3) is 0 Å². The maximum atomic E-state index is 5.71. The minimum absolute atomic E-state index is 0.149. The van der Waals surface area contributed by atoms with E-state index in [9.17, 15) is 0 Å². The van der Waals surface area contributed by atoms with E-state index < -0.39 is 0 Å². The highest BCUT2D eigenvalue weighted by atomic mass is 16.7. The number of oxime groups is 1. The summed E-state index contributed by atoms with van der Waals surface area (Å²) in [4.78, 5) is 5.58. The van der Waals surface area contributed by atoms with E-state index in [1.807, 2.05) is 30.3 Å². The van der Waals surface area contributed by atoms with Crippen LogP contribution >= 0.6 is 0 Å². The maximum absolute atomic E-state index is 5.71. The first-order chi connectivity index (χ1) is 8.86. The van der Waals surface area contributed by atoms with Crippen molar-refractivity contribution in [2.24, 2.45) is 5.16 Å². The lowest BCUT2D eigenvalue weighted by Gasteiger charge is -2.30. The molecule has 0 amide bonds. The van der Waals surface area contributed by atoms with Crippen molar-refractivity contribution in [2.75, 3.05) is 13.1 Å². The molecule has 1 aromatic carbocycles. The van der Waals surface area contributed by atoms with Gasteiger partial charge in [0.05, 0.1) is 6.42 Å². The number of benzene rings is 1. The van der Waals surface area contributed by atoms with Gasteiger partial charge in [-0.15, -0.1) is 0 Å². The molecule has 1 saturated heterocycles. The van der Waals surface area contributed by atoms with E-state index in [1.165, 1.54) is 0 Å². The van der Waals surface area contributed by atoms with Gasteiger partial charge < -0.3 is 14.9 Å². The summed E-state index contributed by atoms with van der Waals surface area (Å²) in [7, 11) is 0. The molecular formula is C14H18N2O2. The van der Waals surface area contributed by atoms with Crippen molar-refractivity contribution < 1.29 is 9.57 Å². The highest BCUT2D eigenvalue weighted by Gasteiger charge is 2.41. The van der Waals surface area contributed by atoms with Gasteiger partial charge in [-0.25, -0.2) is 0 Å². The Labute approximate surface area is 107 Å². The van der Waals surface area contributed by atoms with Gasteiger partial charge in [-0.3, -0.25) is 0 Å². The molecule has 4 heteroatoms. The summed E-state index contributed by atoms with van der Waals surface area (Å²) in [6.45, 7) is 2.51. The van der Waals surface area contributed by atoms with Crippen molar-refractivity contribution in [3.63, 3.8) is 0 Å². The first-order valence-electron chi connectivity index (χ1n) is 6.49. The lowest BCUT2D eigenvalue weighted by atomic mass is 9.91. The number of hydrogen-bond acceptors (Lipinski definition) is 4. The Morgan fingerprint density at radius 3 is 3.00 bits per heavy atom. The summed E-state index contributed by atoms with van der Waals surface area (Å²) in [6, 6.07) is 10.1. The second-order valence-corrected chi connectivity index (χ2v) is 4.99. The number of ether oxygens (including phenoxy) is 1. The molecule has 3 rings (SSSR count). The van der Waals surface area contributed by atoms with E-state index in [1.54, 1.807) is 0 Å². The number of nitrogens with zero attached hydrogens (tertiary/aromatic N) is 1. The van der Waals surface area contributed by atoms with Gasteiger partial charge >= 0.3 is 0 Å². The summed E-state index contributed by atoms with van der Waals surface area (Å²) < 4.78 is 5.71. The van der Waals surface area contributed by atoms with Gasteiger partial charge in [0.15, 0.2) is 5.60 Å². The van der Waals surface area contributed by atoms with E-state index in [0.29, 0.717) is 6.61 Å². The molecule has 0 aliphatic carbocycles. The summed E-state index contributed by atoms with van der Waals surface area (Å²) in [5.74, 6) is 0.725. The summed E-state index contributed by atoms with van der Waals surface area (Å²) in [5, 5.41) is 7.44. The monoisotopic (exact) mass is 246 g/mol. The Morgan fingerprint density at radius 2 is 2.22 bits per heavy atom. The maximum Gasteiger partial charge on any atom is 0.230 e. The van der Waals surface area contributed by atoms with Crippen LogP contribution in [0.5, 0.6) is 0 Å². The zero-order chi connectivity index (χ0) is 12.3. The van der Waals surface area contributed by atoms with Crippen LogP contribution in [0.4, 0.5) is 0 Å². The van der Waals surface area contributed by atoms with Crippen LogP contribution in [0, 0.1) is 0 Å². The summed E-state index contributed by atoms with van der Waals surface area (Å²) in [5.41, 5.74) is 1.01. The smallest absolute Gasteiger partial charge is 0.230 e. The molecule has 0 bridgehead atoms. The molecule has 1 unspecified atom stereocenters. The van der Waals surface area contributed by atoms with Crippen molar-refractivity contribution >= 4 is 5.90 Å². The minimum atomic E-state index is -0.149. The molecule has 2 aliphatic rings. The van der Waals surface area contributed by atoms with Crippen LogP contribution in [0.25, 0.3) is 0 Å². The molecule has 1 N–H and O–H groups in total. The molecule has 1 atom stereocenters. The molecule has 18 heavy (non-hydrogen) atoms. The number of rotatable bonds is 2.